The number of anilines is 1. The summed E-state index contributed by atoms with van der Waals surface area (Å²) in [6.07, 6.45) is 0.719. The second-order valence-corrected chi connectivity index (χ2v) is 4.13. The van der Waals surface area contributed by atoms with E-state index in [-0.39, 0.29) is 22.5 Å². The molecule has 0 bridgehead atoms. The van der Waals surface area contributed by atoms with Crippen LogP contribution in [0.1, 0.15) is 20.3 Å². The zero-order valence-corrected chi connectivity index (χ0v) is 10.3. The number of nitro benzene ring substituents is 1. The van der Waals surface area contributed by atoms with Gasteiger partial charge in [0.1, 0.15) is 0 Å². The van der Waals surface area contributed by atoms with Crippen LogP contribution in [-0.2, 0) is 4.79 Å². The number of nitrogens with one attached hydrogen (secondary N) is 1. The topological polar surface area (TPSA) is 72.2 Å². The summed E-state index contributed by atoms with van der Waals surface area (Å²) in [5.41, 5.74) is 0.291. The number of amides is 1. The van der Waals surface area contributed by atoms with Gasteiger partial charge in [0.25, 0.3) is 5.69 Å². The molecule has 1 atom stereocenters. The van der Waals surface area contributed by atoms with Crippen molar-refractivity contribution < 1.29 is 9.72 Å². The highest BCUT2D eigenvalue weighted by molar-refractivity contribution is 6.34. The second-order valence-electron chi connectivity index (χ2n) is 3.72. The van der Waals surface area contributed by atoms with Crippen LogP contribution in [0.25, 0.3) is 0 Å². The molecule has 1 unspecified atom stereocenters. The van der Waals surface area contributed by atoms with E-state index in [9.17, 15) is 14.9 Å². The number of nitro groups is 1. The van der Waals surface area contributed by atoms with Gasteiger partial charge in [0.2, 0.25) is 5.91 Å². The molecule has 0 fully saturated rings. The first-order valence-electron chi connectivity index (χ1n) is 5.20. The minimum Gasteiger partial charge on any atom is -0.325 e. The van der Waals surface area contributed by atoms with Crippen LogP contribution >= 0.6 is 11.6 Å². The lowest BCUT2D eigenvalue weighted by Gasteiger charge is -2.10. The summed E-state index contributed by atoms with van der Waals surface area (Å²) >= 11 is 5.85. The Morgan fingerprint density at radius 3 is 2.71 bits per heavy atom. The van der Waals surface area contributed by atoms with E-state index in [1.165, 1.54) is 18.2 Å². The molecular weight excluding hydrogens is 244 g/mol. The molecule has 0 aliphatic carbocycles. The molecule has 5 nitrogen and oxygen atoms in total. The van der Waals surface area contributed by atoms with Gasteiger partial charge in [0.15, 0.2) is 0 Å². The monoisotopic (exact) mass is 256 g/mol. The predicted molar refractivity (Wildman–Crippen MR) is 66.2 cm³/mol. The summed E-state index contributed by atoms with van der Waals surface area (Å²) in [5, 5.41) is 13.3. The van der Waals surface area contributed by atoms with Crippen molar-refractivity contribution in [3.05, 3.63) is 33.3 Å². The summed E-state index contributed by atoms with van der Waals surface area (Å²) in [5.74, 6) is -0.274. The minimum absolute atomic E-state index is 0.100. The zero-order valence-electron chi connectivity index (χ0n) is 9.57. The minimum atomic E-state index is -0.536. The van der Waals surface area contributed by atoms with Gasteiger partial charge in [-0.3, -0.25) is 14.9 Å². The molecular formula is C11H13ClN2O3. The van der Waals surface area contributed by atoms with Crippen LogP contribution in [0, 0.1) is 16.0 Å². The summed E-state index contributed by atoms with van der Waals surface area (Å²) in [4.78, 5) is 21.6. The molecule has 17 heavy (non-hydrogen) atoms. The van der Waals surface area contributed by atoms with Gasteiger partial charge in [0, 0.05) is 18.1 Å². The Morgan fingerprint density at radius 1 is 1.59 bits per heavy atom. The molecule has 0 saturated heterocycles. The van der Waals surface area contributed by atoms with Crippen LogP contribution in [-0.4, -0.2) is 10.8 Å². The lowest BCUT2D eigenvalue weighted by atomic mass is 10.1. The maximum atomic E-state index is 11.6. The highest BCUT2D eigenvalue weighted by Gasteiger charge is 2.14. The Morgan fingerprint density at radius 2 is 2.24 bits per heavy atom. The van der Waals surface area contributed by atoms with Crippen LogP contribution < -0.4 is 5.32 Å². The third kappa shape index (κ3) is 3.42. The van der Waals surface area contributed by atoms with Crippen molar-refractivity contribution in [1.29, 1.82) is 0 Å². The van der Waals surface area contributed by atoms with E-state index in [1.807, 2.05) is 6.92 Å². The van der Waals surface area contributed by atoms with Crippen molar-refractivity contribution in [1.82, 2.24) is 0 Å². The number of benzene rings is 1. The molecule has 0 aliphatic rings. The highest BCUT2D eigenvalue weighted by Crippen LogP contribution is 2.27. The standard InChI is InChI=1S/C11H13ClN2O3/c1-3-7(2)11(15)13-10-5-4-8(14(16)17)6-9(10)12/h4-7H,3H2,1-2H3,(H,13,15). The van der Waals surface area contributed by atoms with E-state index in [2.05, 4.69) is 5.32 Å². The van der Waals surface area contributed by atoms with Gasteiger partial charge in [-0.05, 0) is 12.5 Å². The fourth-order valence-corrected chi connectivity index (χ4v) is 1.38. The Bertz CT molecular complexity index is 448. The summed E-state index contributed by atoms with van der Waals surface area (Å²) < 4.78 is 0. The number of halogens is 1. The van der Waals surface area contributed by atoms with E-state index in [4.69, 9.17) is 11.6 Å². The van der Waals surface area contributed by atoms with Crippen molar-refractivity contribution in [2.45, 2.75) is 20.3 Å². The summed E-state index contributed by atoms with van der Waals surface area (Å²) in [6, 6.07) is 3.95. The molecule has 6 heteroatoms. The molecule has 1 rings (SSSR count). The number of rotatable bonds is 4. The molecule has 0 aliphatic heterocycles. The SMILES string of the molecule is CCC(C)C(=O)Nc1ccc([N+](=O)[O-])cc1Cl. The van der Waals surface area contributed by atoms with Crippen LogP contribution in [0.5, 0.6) is 0 Å². The number of non-ortho nitro benzene ring substituents is 1. The van der Waals surface area contributed by atoms with Gasteiger partial charge < -0.3 is 5.32 Å². The largest absolute Gasteiger partial charge is 0.325 e. The normalized spacial score (nSPS) is 11.9. The van der Waals surface area contributed by atoms with E-state index in [0.717, 1.165) is 6.42 Å². The van der Waals surface area contributed by atoms with E-state index < -0.39 is 4.92 Å². The third-order valence-corrected chi connectivity index (χ3v) is 2.79. The van der Waals surface area contributed by atoms with Crippen molar-refractivity contribution in [3.63, 3.8) is 0 Å². The first-order valence-corrected chi connectivity index (χ1v) is 5.58. The average molecular weight is 257 g/mol. The van der Waals surface area contributed by atoms with Crippen molar-refractivity contribution >= 4 is 28.9 Å². The van der Waals surface area contributed by atoms with Gasteiger partial charge in [-0.2, -0.15) is 0 Å². The van der Waals surface area contributed by atoms with Gasteiger partial charge in [-0.1, -0.05) is 25.4 Å². The second kappa shape index (κ2) is 5.63. The molecule has 0 heterocycles. The fourth-order valence-electron chi connectivity index (χ4n) is 1.16. The lowest BCUT2D eigenvalue weighted by Crippen LogP contribution is -2.19. The number of carbonyl (C=O) groups excluding carboxylic acids is 1. The fraction of sp³-hybridized carbons (Fsp3) is 0.364. The molecule has 0 saturated carbocycles. The van der Waals surface area contributed by atoms with Gasteiger partial charge in [-0.15, -0.1) is 0 Å². The molecule has 1 amide bonds. The third-order valence-electron chi connectivity index (χ3n) is 2.48. The Hall–Kier alpha value is -1.62. The quantitative estimate of drug-likeness (QED) is 0.664. The Labute approximate surface area is 104 Å². The van der Waals surface area contributed by atoms with E-state index >= 15 is 0 Å². The molecule has 0 spiro atoms. The van der Waals surface area contributed by atoms with Crippen LogP contribution in [0.3, 0.4) is 0 Å². The number of hydrogen-bond acceptors (Lipinski definition) is 3. The molecule has 1 aromatic rings. The first-order chi connectivity index (χ1) is 7.95. The first kappa shape index (κ1) is 13.4. The molecule has 1 N–H and O–H groups in total. The molecule has 0 aromatic heterocycles. The zero-order chi connectivity index (χ0) is 13.0. The smallest absolute Gasteiger partial charge is 0.271 e. The maximum Gasteiger partial charge on any atom is 0.271 e. The number of carbonyl (C=O) groups is 1. The van der Waals surface area contributed by atoms with Crippen LogP contribution in [0.4, 0.5) is 11.4 Å². The number of nitrogens with zero attached hydrogens (tertiary/aromatic N) is 1. The predicted octanol–water partition coefficient (Wildman–Crippen LogP) is 3.23. The Kier molecular flexibility index (Phi) is 4.45. The lowest BCUT2D eigenvalue weighted by molar-refractivity contribution is -0.384. The summed E-state index contributed by atoms with van der Waals surface area (Å²) in [7, 11) is 0. The van der Waals surface area contributed by atoms with Gasteiger partial charge in [0.05, 0.1) is 15.6 Å². The maximum absolute atomic E-state index is 11.6. The molecule has 1 aromatic carbocycles. The van der Waals surface area contributed by atoms with Crippen molar-refractivity contribution in [2.75, 3.05) is 5.32 Å². The Balaban J connectivity index is 2.86. The molecule has 0 radical (unpaired) electrons. The van der Waals surface area contributed by atoms with Crippen molar-refractivity contribution in [3.8, 4) is 0 Å². The average Bonchev–Trinajstić information content (AvgIpc) is 2.30. The number of hydrogen-bond donors (Lipinski definition) is 1. The van der Waals surface area contributed by atoms with Gasteiger partial charge in [-0.25, -0.2) is 0 Å². The molecule has 92 valence electrons. The van der Waals surface area contributed by atoms with Crippen molar-refractivity contribution in [2.24, 2.45) is 5.92 Å². The van der Waals surface area contributed by atoms with E-state index in [0.29, 0.717) is 5.69 Å². The van der Waals surface area contributed by atoms with Gasteiger partial charge >= 0.3 is 0 Å². The summed E-state index contributed by atoms with van der Waals surface area (Å²) in [6.45, 7) is 3.70. The van der Waals surface area contributed by atoms with Crippen LogP contribution in [0.2, 0.25) is 5.02 Å². The highest BCUT2D eigenvalue weighted by atomic mass is 35.5. The van der Waals surface area contributed by atoms with Crippen LogP contribution in [0.15, 0.2) is 18.2 Å². The van der Waals surface area contributed by atoms with E-state index in [1.54, 1.807) is 6.92 Å².